The van der Waals surface area contributed by atoms with E-state index in [1.807, 2.05) is 0 Å². The molecule has 1 aromatic heterocycles. The number of nitrogens with zero attached hydrogens (tertiary/aromatic N) is 3. The van der Waals surface area contributed by atoms with Gasteiger partial charge >= 0.3 is 0 Å². The van der Waals surface area contributed by atoms with Crippen LogP contribution < -0.4 is 20.5 Å². The van der Waals surface area contributed by atoms with Gasteiger partial charge in [0, 0.05) is 18.6 Å². The lowest BCUT2D eigenvalue weighted by molar-refractivity contribution is 0.297. The van der Waals surface area contributed by atoms with Crippen molar-refractivity contribution in [1.29, 1.82) is 0 Å². The van der Waals surface area contributed by atoms with Crippen LogP contribution in [0.4, 0.5) is 14.7 Å². The summed E-state index contributed by atoms with van der Waals surface area (Å²) in [6, 6.07) is 7.17. The molecular formula is C18H15F2N5O2. The molecule has 0 aliphatic carbocycles. The number of benzene rings is 2. The second kappa shape index (κ2) is 5.83. The molecule has 9 heteroatoms. The molecule has 2 aromatic carbocycles. The fourth-order valence-corrected chi connectivity index (χ4v) is 3.37. The van der Waals surface area contributed by atoms with Crippen molar-refractivity contribution in [2.75, 3.05) is 18.5 Å². The van der Waals surface area contributed by atoms with E-state index in [9.17, 15) is 8.78 Å². The highest BCUT2D eigenvalue weighted by molar-refractivity contribution is 5.95. The lowest BCUT2D eigenvalue weighted by Crippen LogP contribution is -2.32. The molecule has 0 amide bonds. The molecule has 5 rings (SSSR count). The highest BCUT2D eigenvalue weighted by Crippen LogP contribution is 2.39. The lowest BCUT2D eigenvalue weighted by atomic mass is 10.1. The minimum absolute atomic E-state index is 0.0273. The third-order valence-electron chi connectivity index (χ3n) is 4.56. The maximum atomic E-state index is 14.4. The Bertz CT molecular complexity index is 1070. The quantitative estimate of drug-likeness (QED) is 0.687. The molecule has 2 aliphatic rings. The van der Waals surface area contributed by atoms with Crippen LogP contribution in [0.15, 0.2) is 35.3 Å². The molecule has 0 fully saturated rings. The average Bonchev–Trinajstić information content (AvgIpc) is 2.81. The Hall–Kier alpha value is -3.36. The third-order valence-corrected chi connectivity index (χ3v) is 4.56. The second-order valence-electron chi connectivity index (χ2n) is 6.29. The first-order valence-corrected chi connectivity index (χ1v) is 8.47. The molecule has 0 radical (unpaired) electrons. The molecule has 3 heterocycles. The maximum absolute atomic E-state index is 14.4. The van der Waals surface area contributed by atoms with Crippen molar-refractivity contribution >= 4 is 22.9 Å². The second-order valence-corrected chi connectivity index (χ2v) is 6.29. The van der Waals surface area contributed by atoms with Gasteiger partial charge in [0.2, 0.25) is 5.95 Å². The van der Waals surface area contributed by atoms with Gasteiger partial charge in [-0.2, -0.15) is 0 Å². The standard InChI is InChI=1S/C18H15F2N5O2/c19-9-3-1-4-10(20)15(9)16-23-17(21)24-18-22-11-7-13-14(8-12(11)25(16)18)27-6-2-5-26-13/h1,3-4,7-8,16H,2,5-6H2,(H3,21,22,23,24)/t16-/m1/s1. The molecule has 3 N–H and O–H groups in total. The summed E-state index contributed by atoms with van der Waals surface area (Å²) in [7, 11) is 0. The number of halogens is 2. The summed E-state index contributed by atoms with van der Waals surface area (Å²) in [5.74, 6) is 0.0851. The van der Waals surface area contributed by atoms with Crippen molar-refractivity contribution in [3.63, 3.8) is 0 Å². The number of nitrogens with one attached hydrogen (secondary N) is 1. The summed E-state index contributed by atoms with van der Waals surface area (Å²) in [5, 5.41) is 2.84. The fourth-order valence-electron chi connectivity index (χ4n) is 3.37. The summed E-state index contributed by atoms with van der Waals surface area (Å²) >= 11 is 0. The summed E-state index contributed by atoms with van der Waals surface area (Å²) < 4.78 is 41.9. The summed E-state index contributed by atoms with van der Waals surface area (Å²) in [6.07, 6.45) is -0.263. The Morgan fingerprint density at radius 1 is 1.11 bits per heavy atom. The first kappa shape index (κ1) is 15.9. The van der Waals surface area contributed by atoms with E-state index >= 15 is 0 Å². The zero-order valence-electron chi connectivity index (χ0n) is 14.1. The van der Waals surface area contributed by atoms with E-state index in [0.717, 1.165) is 6.42 Å². The van der Waals surface area contributed by atoms with Gasteiger partial charge in [0.15, 0.2) is 23.6 Å². The fraction of sp³-hybridized carbons (Fsp3) is 0.222. The molecule has 0 bridgehead atoms. The molecule has 7 nitrogen and oxygen atoms in total. The SMILES string of the molecule is NC1=N[C@@H](c2c(F)cccc2F)n2c(nc3cc4c(cc32)OCCCO4)N1. The van der Waals surface area contributed by atoms with Gasteiger partial charge in [-0.1, -0.05) is 6.07 Å². The van der Waals surface area contributed by atoms with Gasteiger partial charge < -0.3 is 15.2 Å². The van der Waals surface area contributed by atoms with Crippen molar-refractivity contribution < 1.29 is 18.3 Å². The van der Waals surface area contributed by atoms with E-state index in [-0.39, 0.29) is 11.5 Å². The Morgan fingerprint density at radius 2 is 1.81 bits per heavy atom. The number of fused-ring (bicyclic) bond motifs is 4. The van der Waals surface area contributed by atoms with Crippen LogP contribution in [0.2, 0.25) is 0 Å². The number of ether oxygens (including phenoxy) is 2. The molecule has 3 aromatic rings. The van der Waals surface area contributed by atoms with Crippen LogP contribution in [0.3, 0.4) is 0 Å². The van der Waals surface area contributed by atoms with Crippen molar-refractivity contribution in [2.45, 2.75) is 12.6 Å². The van der Waals surface area contributed by atoms with Gasteiger partial charge in [0.25, 0.3) is 0 Å². The first-order chi connectivity index (χ1) is 13.1. The number of aliphatic imine (C=N–C) groups is 1. The topological polar surface area (TPSA) is 86.7 Å². The number of hydrogen-bond acceptors (Lipinski definition) is 6. The minimum atomic E-state index is -1.03. The molecule has 0 saturated heterocycles. The van der Waals surface area contributed by atoms with Crippen molar-refractivity contribution in [1.82, 2.24) is 9.55 Å². The largest absolute Gasteiger partial charge is 0.489 e. The Kier molecular flexibility index (Phi) is 3.43. The van der Waals surface area contributed by atoms with E-state index in [2.05, 4.69) is 15.3 Å². The normalized spacial score (nSPS) is 18.4. The summed E-state index contributed by atoms with van der Waals surface area (Å²) in [4.78, 5) is 8.71. The van der Waals surface area contributed by atoms with Gasteiger partial charge in [-0.25, -0.2) is 18.8 Å². The lowest BCUT2D eigenvalue weighted by Gasteiger charge is -2.24. The van der Waals surface area contributed by atoms with Crippen LogP contribution in [-0.2, 0) is 0 Å². The van der Waals surface area contributed by atoms with Crippen LogP contribution in [0.25, 0.3) is 11.0 Å². The molecular weight excluding hydrogens is 356 g/mol. The number of hydrogen-bond donors (Lipinski definition) is 2. The van der Waals surface area contributed by atoms with Gasteiger partial charge in [-0.05, 0) is 12.1 Å². The summed E-state index contributed by atoms with van der Waals surface area (Å²) in [5.41, 5.74) is 6.81. The van der Waals surface area contributed by atoms with Crippen LogP contribution >= 0.6 is 0 Å². The van der Waals surface area contributed by atoms with Crippen LogP contribution in [0.5, 0.6) is 11.5 Å². The summed E-state index contributed by atoms with van der Waals surface area (Å²) in [6.45, 7) is 1.07. The number of aromatic nitrogens is 2. The van der Waals surface area contributed by atoms with E-state index in [4.69, 9.17) is 15.2 Å². The first-order valence-electron chi connectivity index (χ1n) is 8.47. The predicted molar refractivity (Wildman–Crippen MR) is 95.1 cm³/mol. The van der Waals surface area contributed by atoms with Gasteiger partial charge in [0.05, 0.1) is 29.8 Å². The number of anilines is 1. The molecule has 1 atom stereocenters. The van der Waals surface area contributed by atoms with Gasteiger partial charge in [0.1, 0.15) is 11.6 Å². The zero-order chi connectivity index (χ0) is 18.5. The highest BCUT2D eigenvalue weighted by atomic mass is 19.1. The number of guanidine groups is 1. The molecule has 138 valence electrons. The van der Waals surface area contributed by atoms with E-state index in [1.165, 1.54) is 18.2 Å². The van der Waals surface area contributed by atoms with Gasteiger partial charge in [-0.15, -0.1) is 0 Å². The molecule has 0 spiro atoms. The Balaban J connectivity index is 1.75. The van der Waals surface area contributed by atoms with E-state index in [1.54, 1.807) is 16.7 Å². The predicted octanol–water partition coefficient (Wildman–Crippen LogP) is 2.76. The Morgan fingerprint density at radius 3 is 2.56 bits per heavy atom. The maximum Gasteiger partial charge on any atom is 0.212 e. The molecule has 2 aliphatic heterocycles. The van der Waals surface area contributed by atoms with Crippen molar-refractivity contribution in [3.05, 3.63) is 47.5 Å². The molecule has 0 unspecified atom stereocenters. The van der Waals surface area contributed by atoms with Crippen LogP contribution in [0.1, 0.15) is 18.2 Å². The highest BCUT2D eigenvalue weighted by Gasteiger charge is 2.30. The van der Waals surface area contributed by atoms with Crippen LogP contribution in [-0.4, -0.2) is 28.7 Å². The number of rotatable bonds is 1. The monoisotopic (exact) mass is 371 g/mol. The van der Waals surface area contributed by atoms with E-state index < -0.39 is 17.8 Å². The average molecular weight is 371 g/mol. The van der Waals surface area contributed by atoms with E-state index in [0.29, 0.717) is 41.7 Å². The minimum Gasteiger partial charge on any atom is -0.489 e. The van der Waals surface area contributed by atoms with Crippen LogP contribution in [0, 0.1) is 11.6 Å². The van der Waals surface area contributed by atoms with Crippen molar-refractivity contribution in [3.8, 4) is 11.5 Å². The van der Waals surface area contributed by atoms with Gasteiger partial charge in [-0.3, -0.25) is 9.88 Å². The number of imidazole rings is 1. The number of nitrogens with two attached hydrogens (primary N) is 1. The molecule has 0 saturated carbocycles. The molecule has 27 heavy (non-hydrogen) atoms. The smallest absolute Gasteiger partial charge is 0.212 e. The Labute approximate surface area is 152 Å². The van der Waals surface area contributed by atoms with Crippen molar-refractivity contribution in [2.24, 2.45) is 10.7 Å². The third kappa shape index (κ3) is 2.46. The zero-order valence-corrected chi connectivity index (χ0v) is 14.1.